The highest BCUT2D eigenvalue weighted by Gasteiger charge is 2.21. The molecule has 7 nitrogen and oxygen atoms in total. The van der Waals surface area contributed by atoms with Crippen LogP contribution in [0.1, 0.15) is 38.4 Å². The Bertz CT molecular complexity index is 1240. The van der Waals surface area contributed by atoms with Crippen LogP contribution in [0.5, 0.6) is 0 Å². The lowest BCUT2D eigenvalue weighted by Gasteiger charge is -2.22. The van der Waals surface area contributed by atoms with Gasteiger partial charge in [-0.15, -0.1) is 0 Å². The highest BCUT2D eigenvalue weighted by Crippen LogP contribution is 2.31. The first kappa shape index (κ1) is 21.4. The molecule has 5 rings (SSSR count). The summed E-state index contributed by atoms with van der Waals surface area (Å²) in [5.74, 6) is 0. The Morgan fingerprint density at radius 3 is 2.45 bits per heavy atom. The zero-order valence-electron chi connectivity index (χ0n) is 18.8. The average molecular weight is 442 g/mol. The van der Waals surface area contributed by atoms with Gasteiger partial charge in [0.2, 0.25) is 0 Å². The first-order valence-corrected chi connectivity index (χ1v) is 11.2. The largest absolute Gasteiger partial charge is 0.384 e. The molecule has 5 heterocycles. The van der Waals surface area contributed by atoms with Gasteiger partial charge in [-0.25, -0.2) is 4.98 Å². The Morgan fingerprint density at radius 1 is 0.939 bits per heavy atom. The minimum Gasteiger partial charge on any atom is -0.384 e. The van der Waals surface area contributed by atoms with E-state index in [4.69, 9.17) is 4.74 Å². The third-order valence-electron chi connectivity index (χ3n) is 5.95. The number of rotatable bonds is 5. The van der Waals surface area contributed by atoms with Crippen LogP contribution in [0, 0.1) is 0 Å². The van der Waals surface area contributed by atoms with Crippen molar-refractivity contribution >= 4 is 0 Å². The Morgan fingerprint density at radius 2 is 1.73 bits per heavy atom. The van der Waals surface area contributed by atoms with E-state index in [2.05, 4.69) is 32.3 Å². The molecule has 7 heteroatoms. The van der Waals surface area contributed by atoms with Crippen LogP contribution in [-0.2, 0) is 10.3 Å². The average Bonchev–Trinajstić information content (AvgIpc) is 3.35. The molecule has 0 atom stereocenters. The fraction of sp³-hybridized carbons (Fsp3) is 0.308. The van der Waals surface area contributed by atoms with Gasteiger partial charge in [-0.3, -0.25) is 14.6 Å². The summed E-state index contributed by atoms with van der Waals surface area (Å²) in [5.41, 5.74) is 4.85. The van der Waals surface area contributed by atoms with E-state index in [1.165, 1.54) is 0 Å². The van der Waals surface area contributed by atoms with E-state index in [0.717, 1.165) is 54.0 Å². The summed E-state index contributed by atoms with van der Waals surface area (Å²) in [6.45, 7) is 5.03. The van der Waals surface area contributed by atoms with Crippen LogP contribution in [0.2, 0.25) is 0 Å². The lowest BCUT2D eigenvalue weighted by molar-refractivity contribution is 0.0662. The lowest BCUT2D eigenvalue weighted by atomic mass is 9.97. The normalized spacial score (nSPS) is 15.0. The number of hydrogen-bond acceptors (Lipinski definition) is 6. The summed E-state index contributed by atoms with van der Waals surface area (Å²) in [6, 6.07) is 12.1. The van der Waals surface area contributed by atoms with Crippen LogP contribution >= 0.6 is 0 Å². The Balaban J connectivity index is 1.52. The molecule has 4 aromatic heterocycles. The van der Waals surface area contributed by atoms with Crippen LogP contribution in [0.25, 0.3) is 33.6 Å². The number of nitrogens with zero attached hydrogens (tertiary/aromatic N) is 5. The minimum absolute atomic E-state index is 0.374. The number of hydrogen-bond donors (Lipinski definition) is 1. The predicted octanol–water partition coefficient (Wildman–Crippen LogP) is 4.65. The van der Waals surface area contributed by atoms with Crippen molar-refractivity contribution in [1.29, 1.82) is 0 Å². The fourth-order valence-corrected chi connectivity index (χ4v) is 4.05. The summed E-state index contributed by atoms with van der Waals surface area (Å²) in [7, 11) is 0. The van der Waals surface area contributed by atoms with Gasteiger partial charge in [-0.2, -0.15) is 5.10 Å². The Hall–Kier alpha value is -3.42. The van der Waals surface area contributed by atoms with Crippen molar-refractivity contribution in [3.63, 3.8) is 0 Å². The second kappa shape index (κ2) is 8.84. The maximum Gasteiger partial charge on any atom is 0.101 e. The van der Waals surface area contributed by atoms with E-state index in [1.807, 2.05) is 53.6 Å². The molecule has 0 radical (unpaired) electrons. The molecule has 0 bridgehead atoms. The third-order valence-corrected chi connectivity index (χ3v) is 5.95. The smallest absolute Gasteiger partial charge is 0.101 e. The van der Waals surface area contributed by atoms with Crippen LogP contribution < -0.4 is 0 Å². The van der Waals surface area contributed by atoms with Crippen molar-refractivity contribution in [2.75, 3.05) is 13.2 Å². The van der Waals surface area contributed by atoms with Crippen LogP contribution in [0.3, 0.4) is 0 Å². The Labute approximate surface area is 193 Å². The molecule has 0 amide bonds. The molecule has 4 aromatic rings. The molecule has 168 valence electrons. The van der Waals surface area contributed by atoms with Crippen LogP contribution in [0.4, 0.5) is 0 Å². The van der Waals surface area contributed by atoms with Gasteiger partial charge in [-0.1, -0.05) is 6.07 Å². The molecule has 1 saturated heterocycles. The molecule has 0 unspecified atom stereocenters. The van der Waals surface area contributed by atoms with Crippen molar-refractivity contribution in [2.24, 2.45) is 0 Å². The summed E-state index contributed by atoms with van der Waals surface area (Å²) in [4.78, 5) is 13.6. The van der Waals surface area contributed by atoms with Crippen molar-refractivity contribution in [1.82, 2.24) is 24.7 Å². The van der Waals surface area contributed by atoms with Gasteiger partial charge >= 0.3 is 0 Å². The predicted molar refractivity (Wildman–Crippen MR) is 126 cm³/mol. The monoisotopic (exact) mass is 441 g/mol. The van der Waals surface area contributed by atoms with Crippen molar-refractivity contribution in [3.05, 3.63) is 73.1 Å². The topological polar surface area (TPSA) is 86.0 Å². The van der Waals surface area contributed by atoms with E-state index in [9.17, 15) is 5.11 Å². The zero-order chi connectivity index (χ0) is 22.8. The maximum absolute atomic E-state index is 10.7. The minimum atomic E-state index is -1.09. The summed E-state index contributed by atoms with van der Waals surface area (Å²) in [5, 5.41) is 15.3. The second-order valence-corrected chi connectivity index (χ2v) is 8.92. The molecule has 1 aliphatic heterocycles. The van der Waals surface area contributed by atoms with E-state index in [1.54, 1.807) is 20.0 Å². The summed E-state index contributed by atoms with van der Waals surface area (Å²) < 4.78 is 7.52. The molecule has 0 aliphatic carbocycles. The van der Waals surface area contributed by atoms with Crippen molar-refractivity contribution in [2.45, 2.75) is 38.3 Å². The van der Waals surface area contributed by atoms with E-state index in [-0.39, 0.29) is 0 Å². The summed E-state index contributed by atoms with van der Waals surface area (Å²) >= 11 is 0. The van der Waals surface area contributed by atoms with Crippen LogP contribution in [-0.4, -0.2) is 43.1 Å². The van der Waals surface area contributed by atoms with E-state index < -0.39 is 5.60 Å². The van der Waals surface area contributed by atoms with E-state index >= 15 is 0 Å². The maximum atomic E-state index is 10.7. The number of aliphatic hydroxyl groups is 1. The molecule has 0 aromatic carbocycles. The molecule has 1 fully saturated rings. The molecule has 1 N–H and O–H groups in total. The molecule has 1 aliphatic rings. The van der Waals surface area contributed by atoms with Gasteiger partial charge in [0, 0.05) is 54.7 Å². The lowest BCUT2D eigenvalue weighted by Crippen LogP contribution is -2.19. The second-order valence-electron chi connectivity index (χ2n) is 8.92. The molecule has 0 saturated carbocycles. The first-order chi connectivity index (χ1) is 16.0. The van der Waals surface area contributed by atoms with Gasteiger partial charge < -0.3 is 9.84 Å². The van der Waals surface area contributed by atoms with Gasteiger partial charge in [0.1, 0.15) is 5.60 Å². The SMILES string of the molecule is CC(C)(O)c1cc(-c2cncc(-c3cnn(C4CCOCC4)c3)c2)cc(-c2ccccn2)n1. The Kier molecular flexibility index (Phi) is 5.74. The first-order valence-electron chi connectivity index (χ1n) is 11.2. The zero-order valence-corrected chi connectivity index (χ0v) is 18.8. The van der Waals surface area contributed by atoms with Gasteiger partial charge in [-0.05, 0) is 62.6 Å². The highest BCUT2D eigenvalue weighted by molar-refractivity contribution is 5.74. The van der Waals surface area contributed by atoms with E-state index in [0.29, 0.717) is 17.4 Å². The van der Waals surface area contributed by atoms with Crippen molar-refractivity contribution in [3.8, 4) is 33.6 Å². The highest BCUT2D eigenvalue weighted by atomic mass is 16.5. The quantitative estimate of drug-likeness (QED) is 0.485. The molecular weight excluding hydrogens is 414 g/mol. The number of aromatic nitrogens is 5. The third kappa shape index (κ3) is 4.69. The molecule has 0 spiro atoms. The molecular formula is C26H27N5O2. The van der Waals surface area contributed by atoms with Crippen molar-refractivity contribution < 1.29 is 9.84 Å². The van der Waals surface area contributed by atoms with Gasteiger partial charge in [0.25, 0.3) is 0 Å². The number of pyridine rings is 3. The van der Waals surface area contributed by atoms with Gasteiger partial charge in [0.05, 0.1) is 29.3 Å². The summed E-state index contributed by atoms with van der Waals surface area (Å²) in [6.07, 6.45) is 11.4. The molecule has 33 heavy (non-hydrogen) atoms. The number of ether oxygens (including phenoxy) is 1. The standard InChI is InChI=1S/C26H27N5O2/c1-26(2,32)25-13-18(12-24(30-25)23-5-3-4-8-28-23)19-11-20(15-27-14-19)21-16-29-31(17-21)22-6-9-33-10-7-22/h3-5,8,11-17,22,32H,6-7,9-10H2,1-2H3. The fourth-order valence-electron chi connectivity index (χ4n) is 4.05. The van der Waals surface area contributed by atoms with Gasteiger partial charge in [0.15, 0.2) is 0 Å². The van der Waals surface area contributed by atoms with Crippen LogP contribution in [0.15, 0.2) is 67.4 Å².